The number of nitrogens with one attached hydrogen (secondary N) is 1. The third-order valence-corrected chi connectivity index (χ3v) is 2.58. The Morgan fingerprint density at radius 3 is 2.58 bits per heavy atom. The molecule has 1 rings (SSSR count). The maximum atomic E-state index is 3.57. The van der Waals surface area contributed by atoms with Crippen LogP contribution in [0, 0.1) is 5.92 Å². The average molecular weight is 170 g/mol. The topological polar surface area (TPSA) is 15.3 Å². The van der Waals surface area contributed by atoms with Crippen LogP contribution in [0.1, 0.15) is 26.2 Å². The molecular formula is C10H22N2. The summed E-state index contributed by atoms with van der Waals surface area (Å²) < 4.78 is 0. The van der Waals surface area contributed by atoms with Crippen LogP contribution in [0.4, 0.5) is 0 Å². The van der Waals surface area contributed by atoms with E-state index in [-0.39, 0.29) is 0 Å². The summed E-state index contributed by atoms with van der Waals surface area (Å²) in [7, 11) is 4.26. The molecule has 72 valence electrons. The summed E-state index contributed by atoms with van der Waals surface area (Å²) in [5.74, 6) is 0.990. The highest BCUT2D eigenvalue weighted by Gasteiger charge is 2.26. The van der Waals surface area contributed by atoms with Crippen molar-refractivity contribution in [3.8, 4) is 0 Å². The molecule has 0 bridgehead atoms. The molecule has 0 unspecified atom stereocenters. The Bertz CT molecular complexity index is 119. The normalized spacial score (nSPS) is 20.0. The standard InChI is InChI=1S/C10H22N2/c1-9(10-5-6-10)11-7-4-8-12(2)3/h9-11H,4-8H2,1-3H3/t9-/m1/s1. The van der Waals surface area contributed by atoms with E-state index in [4.69, 9.17) is 0 Å². The minimum atomic E-state index is 0.757. The molecule has 1 atom stereocenters. The maximum Gasteiger partial charge on any atom is 0.00670 e. The van der Waals surface area contributed by atoms with Gasteiger partial charge in [-0.2, -0.15) is 0 Å². The lowest BCUT2D eigenvalue weighted by Gasteiger charge is -2.14. The molecule has 1 saturated carbocycles. The van der Waals surface area contributed by atoms with E-state index in [1.807, 2.05) is 0 Å². The summed E-state index contributed by atoms with van der Waals surface area (Å²) in [5, 5.41) is 3.57. The quantitative estimate of drug-likeness (QED) is 0.605. The Balaban J connectivity index is 1.87. The van der Waals surface area contributed by atoms with Gasteiger partial charge in [-0.1, -0.05) is 0 Å². The fourth-order valence-corrected chi connectivity index (χ4v) is 1.49. The van der Waals surface area contributed by atoms with Gasteiger partial charge < -0.3 is 10.2 Å². The van der Waals surface area contributed by atoms with Gasteiger partial charge in [0, 0.05) is 6.04 Å². The van der Waals surface area contributed by atoms with Crippen LogP contribution in [0.3, 0.4) is 0 Å². The summed E-state index contributed by atoms with van der Waals surface area (Å²) >= 11 is 0. The van der Waals surface area contributed by atoms with E-state index < -0.39 is 0 Å². The molecule has 0 aromatic heterocycles. The van der Waals surface area contributed by atoms with Crippen molar-refractivity contribution >= 4 is 0 Å². The first kappa shape index (κ1) is 10.0. The summed E-state index contributed by atoms with van der Waals surface area (Å²) in [6.07, 6.45) is 4.16. The van der Waals surface area contributed by atoms with Crippen LogP contribution < -0.4 is 5.32 Å². The molecule has 2 nitrogen and oxygen atoms in total. The first-order valence-corrected chi connectivity index (χ1v) is 5.08. The molecule has 1 aliphatic rings. The molecule has 0 saturated heterocycles. The first-order valence-electron chi connectivity index (χ1n) is 5.08. The predicted octanol–water partition coefficient (Wildman–Crippen LogP) is 1.33. The Morgan fingerprint density at radius 1 is 1.42 bits per heavy atom. The van der Waals surface area contributed by atoms with Crippen LogP contribution in [0.2, 0.25) is 0 Å². The van der Waals surface area contributed by atoms with Gasteiger partial charge in [0.15, 0.2) is 0 Å². The van der Waals surface area contributed by atoms with Crippen LogP contribution >= 0.6 is 0 Å². The Kier molecular flexibility index (Phi) is 4.02. The fraction of sp³-hybridized carbons (Fsp3) is 1.00. The van der Waals surface area contributed by atoms with E-state index in [2.05, 4.69) is 31.2 Å². The van der Waals surface area contributed by atoms with Gasteiger partial charge in [-0.3, -0.25) is 0 Å². The van der Waals surface area contributed by atoms with Crippen LogP contribution in [-0.2, 0) is 0 Å². The van der Waals surface area contributed by atoms with E-state index in [1.165, 1.54) is 32.4 Å². The average Bonchev–Trinajstić information content (AvgIpc) is 2.79. The van der Waals surface area contributed by atoms with Gasteiger partial charge in [-0.05, 0) is 59.3 Å². The molecule has 0 heterocycles. The Labute approximate surface area is 76.3 Å². The monoisotopic (exact) mass is 170 g/mol. The number of hydrogen-bond donors (Lipinski definition) is 1. The first-order chi connectivity index (χ1) is 5.70. The lowest BCUT2D eigenvalue weighted by Crippen LogP contribution is -2.30. The number of hydrogen-bond acceptors (Lipinski definition) is 2. The maximum absolute atomic E-state index is 3.57. The van der Waals surface area contributed by atoms with E-state index in [1.54, 1.807) is 0 Å². The third kappa shape index (κ3) is 4.07. The third-order valence-electron chi connectivity index (χ3n) is 2.58. The SMILES string of the molecule is C[C@@H](NCCCN(C)C)C1CC1. The van der Waals surface area contributed by atoms with Crippen molar-refractivity contribution in [3.05, 3.63) is 0 Å². The van der Waals surface area contributed by atoms with E-state index in [0.29, 0.717) is 0 Å². The van der Waals surface area contributed by atoms with Gasteiger partial charge in [0.05, 0.1) is 0 Å². The van der Waals surface area contributed by atoms with Gasteiger partial charge in [0.2, 0.25) is 0 Å². The van der Waals surface area contributed by atoms with Crippen molar-refractivity contribution in [3.63, 3.8) is 0 Å². The Hall–Kier alpha value is -0.0800. The van der Waals surface area contributed by atoms with Gasteiger partial charge in [-0.15, -0.1) is 0 Å². The molecule has 0 spiro atoms. The molecule has 12 heavy (non-hydrogen) atoms. The van der Waals surface area contributed by atoms with Crippen LogP contribution in [0.15, 0.2) is 0 Å². The molecule has 1 N–H and O–H groups in total. The zero-order valence-electron chi connectivity index (χ0n) is 8.64. The van der Waals surface area contributed by atoms with Crippen molar-refractivity contribution in [2.24, 2.45) is 5.92 Å². The summed E-state index contributed by atoms with van der Waals surface area (Å²) in [5.41, 5.74) is 0. The molecule has 0 aromatic carbocycles. The predicted molar refractivity (Wildman–Crippen MR) is 53.4 cm³/mol. The smallest absolute Gasteiger partial charge is 0.00670 e. The van der Waals surface area contributed by atoms with Gasteiger partial charge >= 0.3 is 0 Å². The van der Waals surface area contributed by atoms with Crippen LogP contribution in [0.25, 0.3) is 0 Å². The minimum absolute atomic E-state index is 0.757. The van der Waals surface area contributed by atoms with E-state index >= 15 is 0 Å². The molecule has 0 radical (unpaired) electrons. The second-order valence-corrected chi connectivity index (χ2v) is 4.24. The van der Waals surface area contributed by atoms with Gasteiger partial charge in [-0.25, -0.2) is 0 Å². The van der Waals surface area contributed by atoms with Crippen molar-refractivity contribution in [1.82, 2.24) is 10.2 Å². The fourth-order valence-electron chi connectivity index (χ4n) is 1.49. The molecule has 0 aromatic rings. The number of nitrogens with zero attached hydrogens (tertiary/aromatic N) is 1. The highest BCUT2D eigenvalue weighted by Crippen LogP contribution is 2.32. The summed E-state index contributed by atoms with van der Waals surface area (Å²) in [6, 6.07) is 0.757. The Morgan fingerprint density at radius 2 is 2.08 bits per heavy atom. The molecule has 2 heteroatoms. The van der Waals surface area contributed by atoms with E-state index in [9.17, 15) is 0 Å². The van der Waals surface area contributed by atoms with Gasteiger partial charge in [0.25, 0.3) is 0 Å². The second kappa shape index (κ2) is 4.83. The second-order valence-electron chi connectivity index (χ2n) is 4.24. The van der Waals surface area contributed by atoms with Crippen molar-refractivity contribution in [1.29, 1.82) is 0 Å². The molecular weight excluding hydrogens is 148 g/mol. The van der Waals surface area contributed by atoms with Crippen LogP contribution in [0.5, 0.6) is 0 Å². The highest BCUT2D eigenvalue weighted by atomic mass is 15.1. The number of rotatable bonds is 6. The van der Waals surface area contributed by atoms with E-state index in [0.717, 1.165) is 12.0 Å². The molecule has 1 aliphatic carbocycles. The zero-order valence-corrected chi connectivity index (χ0v) is 8.64. The van der Waals surface area contributed by atoms with Crippen molar-refractivity contribution < 1.29 is 0 Å². The molecule has 0 aliphatic heterocycles. The lowest BCUT2D eigenvalue weighted by molar-refractivity contribution is 0.383. The zero-order chi connectivity index (χ0) is 8.97. The van der Waals surface area contributed by atoms with Crippen LogP contribution in [-0.4, -0.2) is 38.1 Å². The van der Waals surface area contributed by atoms with Crippen molar-refractivity contribution in [2.75, 3.05) is 27.2 Å². The molecule has 0 amide bonds. The summed E-state index contributed by atoms with van der Waals surface area (Å²) in [4.78, 5) is 2.24. The highest BCUT2D eigenvalue weighted by molar-refractivity contribution is 4.82. The summed E-state index contributed by atoms with van der Waals surface area (Å²) in [6.45, 7) is 4.69. The molecule has 1 fully saturated rings. The van der Waals surface area contributed by atoms with Crippen molar-refractivity contribution in [2.45, 2.75) is 32.2 Å². The van der Waals surface area contributed by atoms with Gasteiger partial charge in [0.1, 0.15) is 0 Å². The minimum Gasteiger partial charge on any atom is -0.314 e. The largest absolute Gasteiger partial charge is 0.314 e. The lowest BCUT2D eigenvalue weighted by atomic mass is 10.2.